The lowest BCUT2D eigenvalue weighted by Crippen LogP contribution is -2.47. The number of rotatable bonds is 8. The molecule has 23 heavy (non-hydrogen) atoms. The van der Waals surface area contributed by atoms with Gasteiger partial charge in [-0.1, -0.05) is 43.1 Å². The van der Waals surface area contributed by atoms with Crippen molar-refractivity contribution in [2.75, 3.05) is 6.54 Å². The van der Waals surface area contributed by atoms with Crippen molar-refractivity contribution in [1.82, 2.24) is 10.2 Å². The van der Waals surface area contributed by atoms with Crippen molar-refractivity contribution in [3.63, 3.8) is 0 Å². The Morgan fingerprint density at radius 3 is 2.43 bits per heavy atom. The van der Waals surface area contributed by atoms with Crippen molar-refractivity contribution in [2.24, 2.45) is 0 Å². The van der Waals surface area contributed by atoms with Gasteiger partial charge in [-0.25, -0.2) is 0 Å². The monoisotopic (exact) mass is 358 g/mol. The summed E-state index contributed by atoms with van der Waals surface area (Å²) in [4.78, 5) is 26.2. The summed E-state index contributed by atoms with van der Waals surface area (Å²) >= 11 is 12.0. The summed E-state index contributed by atoms with van der Waals surface area (Å²) in [6.45, 7) is 6.61. The first-order valence-electron chi connectivity index (χ1n) is 7.91. The fraction of sp³-hybridized carbons (Fsp3) is 0.529. The highest BCUT2D eigenvalue weighted by molar-refractivity contribution is 6.42. The minimum absolute atomic E-state index is 0.0438. The molecule has 1 aromatic carbocycles. The molecule has 1 N–H and O–H groups in total. The van der Waals surface area contributed by atoms with Crippen LogP contribution in [0.5, 0.6) is 0 Å². The van der Waals surface area contributed by atoms with Crippen LogP contribution in [0.1, 0.15) is 45.6 Å². The SMILES string of the molecule is CCCNC(=O)C(C)N(Cc1ccc(Cl)c(Cl)c1)C(=O)CCC. The molecule has 0 bridgehead atoms. The van der Waals surface area contributed by atoms with Gasteiger partial charge in [0.1, 0.15) is 6.04 Å². The molecule has 0 radical (unpaired) electrons. The van der Waals surface area contributed by atoms with E-state index in [2.05, 4.69) is 5.32 Å². The molecule has 1 rings (SSSR count). The molecule has 128 valence electrons. The molecule has 0 saturated carbocycles. The predicted octanol–water partition coefficient (Wildman–Crippen LogP) is 4.04. The first kappa shape index (κ1) is 19.8. The summed E-state index contributed by atoms with van der Waals surface area (Å²) in [5.74, 6) is -0.186. The van der Waals surface area contributed by atoms with Crippen molar-refractivity contribution < 1.29 is 9.59 Å². The second kappa shape index (κ2) is 9.78. The summed E-state index contributed by atoms with van der Waals surface area (Å²) in [6, 6.07) is 4.71. The van der Waals surface area contributed by atoms with Crippen molar-refractivity contribution in [3.8, 4) is 0 Å². The van der Waals surface area contributed by atoms with E-state index < -0.39 is 6.04 Å². The van der Waals surface area contributed by atoms with E-state index in [4.69, 9.17) is 23.2 Å². The van der Waals surface area contributed by atoms with Crippen LogP contribution < -0.4 is 5.32 Å². The Bertz CT molecular complexity index is 549. The van der Waals surface area contributed by atoms with Gasteiger partial charge in [0.15, 0.2) is 0 Å². The van der Waals surface area contributed by atoms with Gasteiger partial charge >= 0.3 is 0 Å². The topological polar surface area (TPSA) is 49.4 Å². The number of halogens is 2. The number of hydrogen-bond acceptors (Lipinski definition) is 2. The Morgan fingerprint density at radius 2 is 1.87 bits per heavy atom. The first-order chi connectivity index (χ1) is 10.9. The van der Waals surface area contributed by atoms with Crippen molar-refractivity contribution in [2.45, 2.75) is 52.6 Å². The highest BCUT2D eigenvalue weighted by Crippen LogP contribution is 2.24. The molecule has 0 aromatic heterocycles. The van der Waals surface area contributed by atoms with Gasteiger partial charge in [0, 0.05) is 19.5 Å². The minimum atomic E-state index is -0.532. The Hall–Kier alpha value is -1.26. The number of benzene rings is 1. The van der Waals surface area contributed by atoms with Crippen molar-refractivity contribution >= 4 is 35.0 Å². The van der Waals surface area contributed by atoms with Crippen LogP contribution in [0.2, 0.25) is 10.0 Å². The molecule has 6 heteroatoms. The van der Waals surface area contributed by atoms with Gasteiger partial charge in [0.05, 0.1) is 10.0 Å². The third kappa shape index (κ3) is 6.04. The van der Waals surface area contributed by atoms with Gasteiger partial charge in [0.2, 0.25) is 11.8 Å². The Morgan fingerprint density at radius 1 is 1.17 bits per heavy atom. The van der Waals surface area contributed by atoms with Crippen LogP contribution in [-0.2, 0) is 16.1 Å². The van der Waals surface area contributed by atoms with Crippen LogP contribution in [0.25, 0.3) is 0 Å². The van der Waals surface area contributed by atoms with Crippen LogP contribution in [0, 0.1) is 0 Å². The molecular formula is C17H24Cl2N2O2. The molecule has 0 aliphatic rings. The molecule has 1 unspecified atom stereocenters. The number of nitrogens with zero attached hydrogens (tertiary/aromatic N) is 1. The summed E-state index contributed by atoms with van der Waals surface area (Å²) in [5.41, 5.74) is 0.846. The summed E-state index contributed by atoms with van der Waals surface area (Å²) < 4.78 is 0. The maximum Gasteiger partial charge on any atom is 0.242 e. The molecule has 0 aliphatic heterocycles. The van der Waals surface area contributed by atoms with Crippen molar-refractivity contribution in [3.05, 3.63) is 33.8 Å². The average molecular weight is 359 g/mol. The number of carbonyl (C=O) groups is 2. The Labute approximate surface area is 148 Å². The smallest absolute Gasteiger partial charge is 0.242 e. The largest absolute Gasteiger partial charge is 0.354 e. The van der Waals surface area contributed by atoms with Gasteiger partial charge in [-0.2, -0.15) is 0 Å². The molecule has 1 aromatic rings. The molecule has 1 atom stereocenters. The van der Waals surface area contributed by atoms with E-state index in [1.54, 1.807) is 24.0 Å². The molecule has 4 nitrogen and oxygen atoms in total. The van der Waals surface area contributed by atoms with Crippen LogP contribution in [0.15, 0.2) is 18.2 Å². The van der Waals surface area contributed by atoms with Crippen LogP contribution in [-0.4, -0.2) is 29.3 Å². The third-order valence-corrected chi connectivity index (χ3v) is 4.26. The molecular weight excluding hydrogens is 335 g/mol. The number of amides is 2. The Balaban J connectivity index is 2.93. The van der Waals surface area contributed by atoms with E-state index in [0.717, 1.165) is 18.4 Å². The van der Waals surface area contributed by atoms with Crippen LogP contribution >= 0.6 is 23.2 Å². The zero-order valence-corrected chi connectivity index (χ0v) is 15.4. The van der Waals surface area contributed by atoms with E-state index in [1.165, 1.54) is 0 Å². The fourth-order valence-electron chi connectivity index (χ4n) is 2.17. The zero-order valence-electron chi connectivity index (χ0n) is 13.9. The average Bonchev–Trinajstić information content (AvgIpc) is 2.53. The van der Waals surface area contributed by atoms with Gasteiger partial charge in [-0.15, -0.1) is 0 Å². The lowest BCUT2D eigenvalue weighted by atomic mass is 10.1. The van der Waals surface area contributed by atoms with Gasteiger partial charge in [-0.05, 0) is 37.5 Å². The minimum Gasteiger partial charge on any atom is -0.354 e. The van der Waals surface area contributed by atoms with E-state index in [1.807, 2.05) is 19.9 Å². The number of carbonyl (C=O) groups excluding carboxylic acids is 2. The third-order valence-electron chi connectivity index (χ3n) is 3.52. The highest BCUT2D eigenvalue weighted by atomic mass is 35.5. The fourth-order valence-corrected chi connectivity index (χ4v) is 2.49. The lowest BCUT2D eigenvalue weighted by molar-refractivity contribution is -0.140. The van der Waals surface area contributed by atoms with E-state index in [-0.39, 0.29) is 11.8 Å². The van der Waals surface area contributed by atoms with E-state index in [0.29, 0.717) is 29.6 Å². The molecule has 0 saturated heterocycles. The summed E-state index contributed by atoms with van der Waals surface area (Å²) in [6.07, 6.45) is 2.00. The molecule has 0 heterocycles. The maximum absolute atomic E-state index is 12.4. The quantitative estimate of drug-likeness (QED) is 0.762. The molecule has 2 amide bonds. The second-order valence-corrected chi connectivity index (χ2v) is 6.30. The summed E-state index contributed by atoms with van der Waals surface area (Å²) in [5, 5.41) is 3.74. The number of hydrogen-bond donors (Lipinski definition) is 1. The van der Waals surface area contributed by atoms with Crippen LogP contribution in [0.3, 0.4) is 0 Å². The predicted molar refractivity (Wildman–Crippen MR) is 94.7 cm³/mol. The van der Waals surface area contributed by atoms with Gasteiger partial charge in [-0.3, -0.25) is 9.59 Å². The molecule has 0 spiro atoms. The van der Waals surface area contributed by atoms with E-state index >= 15 is 0 Å². The van der Waals surface area contributed by atoms with Gasteiger partial charge in [0.25, 0.3) is 0 Å². The van der Waals surface area contributed by atoms with Gasteiger partial charge < -0.3 is 10.2 Å². The maximum atomic E-state index is 12.4. The first-order valence-corrected chi connectivity index (χ1v) is 8.67. The second-order valence-electron chi connectivity index (χ2n) is 5.49. The van der Waals surface area contributed by atoms with E-state index in [9.17, 15) is 9.59 Å². The molecule has 0 aliphatic carbocycles. The summed E-state index contributed by atoms with van der Waals surface area (Å²) in [7, 11) is 0. The van der Waals surface area contributed by atoms with Crippen LogP contribution in [0.4, 0.5) is 0 Å². The number of nitrogens with one attached hydrogen (secondary N) is 1. The standard InChI is InChI=1S/C17H24Cl2N2O2/c1-4-6-16(22)21(12(3)17(23)20-9-5-2)11-13-7-8-14(18)15(19)10-13/h7-8,10,12H,4-6,9,11H2,1-3H3,(H,20,23). The normalized spacial score (nSPS) is 11.9. The highest BCUT2D eigenvalue weighted by Gasteiger charge is 2.25. The lowest BCUT2D eigenvalue weighted by Gasteiger charge is -2.29. The van der Waals surface area contributed by atoms with Crippen molar-refractivity contribution in [1.29, 1.82) is 0 Å². The zero-order chi connectivity index (χ0) is 17.4. The Kier molecular flexibility index (Phi) is 8.42. The molecule has 0 fully saturated rings.